The predicted octanol–water partition coefficient (Wildman–Crippen LogP) is 2.12. The summed E-state index contributed by atoms with van der Waals surface area (Å²) in [6, 6.07) is 2.94. The Labute approximate surface area is 142 Å². The van der Waals surface area contributed by atoms with Gasteiger partial charge < -0.3 is 4.74 Å². The Morgan fingerprint density at radius 1 is 1.30 bits per heavy atom. The van der Waals surface area contributed by atoms with E-state index in [-0.39, 0.29) is 23.4 Å². The Hall–Kier alpha value is -2.23. The van der Waals surface area contributed by atoms with Crippen LogP contribution in [0.3, 0.4) is 0 Å². The number of nitrogens with zero attached hydrogens (tertiary/aromatic N) is 3. The van der Waals surface area contributed by atoms with E-state index in [9.17, 15) is 9.59 Å². The second-order valence-corrected chi connectivity index (χ2v) is 5.68. The zero-order valence-corrected chi connectivity index (χ0v) is 13.9. The third-order valence-electron chi connectivity index (χ3n) is 2.80. The SMILES string of the molecule is C#CCn1c(=O)cnn(-c2cc(OC(C)C)c(Cl)cc2Cl)c1=O. The fourth-order valence-electron chi connectivity index (χ4n) is 1.86. The first-order chi connectivity index (χ1) is 10.8. The van der Waals surface area contributed by atoms with Crippen molar-refractivity contribution in [3.05, 3.63) is 49.2 Å². The average molecular weight is 354 g/mol. The highest BCUT2D eigenvalue weighted by atomic mass is 35.5. The zero-order valence-electron chi connectivity index (χ0n) is 12.4. The van der Waals surface area contributed by atoms with E-state index in [0.717, 1.165) is 15.4 Å². The molecule has 0 saturated carbocycles. The predicted molar refractivity (Wildman–Crippen MR) is 88.7 cm³/mol. The summed E-state index contributed by atoms with van der Waals surface area (Å²) in [4.78, 5) is 24.1. The van der Waals surface area contributed by atoms with Crippen molar-refractivity contribution < 1.29 is 4.74 Å². The molecule has 2 rings (SSSR count). The molecule has 2 aromatic rings. The van der Waals surface area contributed by atoms with E-state index in [1.54, 1.807) is 0 Å². The summed E-state index contributed by atoms with van der Waals surface area (Å²) in [5.74, 6) is 2.60. The summed E-state index contributed by atoms with van der Waals surface area (Å²) in [6.07, 6.45) is 6.04. The highest BCUT2D eigenvalue weighted by molar-refractivity contribution is 6.36. The van der Waals surface area contributed by atoms with Crippen LogP contribution in [0.4, 0.5) is 0 Å². The third-order valence-corrected chi connectivity index (χ3v) is 3.40. The molecule has 0 aliphatic rings. The van der Waals surface area contributed by atoms with Gasteiger partial charge in [0.05, 0.1) is 28.4 Å². The van der Waals surface area contributed by atoms with Crippen LogP contribution in [-0.4, -0.2) is 20.5 Å². The summed E-state index contributed by atoms with van der Waals surface area (Å²) in [6.45, 7) is 3.50. The Balaban J connectivity index is 2.68. The van der Waals surface area contributed by atoms with Gasteiger partial charge in [-0.05, 0) is 19.9 Å². The van der Waals surface area contributed by atoms with E-state index in [1.165, 1.54) is 12.1 Å². The molecule has 120 valence electrons. The maximum Gasteiger partial charge on any atom is 0.353 e. The van der Waals surface area contributed by atoms with Gasteiger partial charge in [-0.2, -0.15) is 9.78 Å². The van der Waals surface area contributed by atoms with Gasteiger partial charge in [0.2, 0.25) is 0 Å². The molecule has 0 saturated heterocycles. The fourth-order valence-corrected chi connectivity index (χ4v) is 2.37. The van der Waals surface area contributed by atoms with Crippen LogP contribution >= 0.6 is 23.2 Å². The van der Waals surface area contributed by atoms with Crippen LogP contribution in [-0.2, 0) is 6.54 Å². The van der Waals surface area contributed by atoms with Crippen molar-refractivity contribution in [2.75, 3.05) is 0 Å². The van der Waals surface area contributed by atoms with Crippen LogP contribution < -0.4 is 16.0 Å². The number of ether oxygens (including phenoxy) is 1. The van der Waals surface area contributed by atoms with Crippen LogP contribution in [0.25, 0.3) is 5.69 Å². The minimum Gasteiger partial charge on any atom is -0.489 e. The lowest BCUT2D eigenvalue weighted by Crippen LogP contribution is -2.40. The topological polar surface area (TPSA) is 66.1 Å². The molecule has 0 atom stereocenters. The molecular formula is C15H13Cl2N3O3. The number of hydrogen-bond donors (Lipinski definition) is 0. The van der Waals surface area contributed by atoms with Crippen molar-refractivity contribution in [2.45, 2.75) is 26.5 Å². The lowest BCUT2D eigenvalue weighted by Gasteiger charge is -2.14. The summed E-state index contributed by atoms with van der Waals surface area (Å²) in [5, 5.41) is 4.31. The van der Waals surface area contributed by atoms with Gasteiger partial charge in [-0.15, -0.1) is 6.42 Å². The van der Waals surface area contributed by atoms with Crippen LogP contribution in [0.2, 0.25) is 10.0 Å². The molecule has 0 N–H and O–H groups in total. The molecule has 23 heavy (non-hydrogen) atoms. The monoisotopic (exact) mass is 353 g/mol. The van der Waals surface area contributed by atoms with Crippen LogP contribution in [0, 0.1) is 12.3 Å². The van der Waals surface area contributed by atoms with Gasteiger partial charge in [0.25, 0.3) is 5.56 Å². The average Bonchev–Trinajstić information content (AvgIpc) is 2.47. The molecule has 1 aromatic heterocycles. The van der Waals surface area contributed by atoms with Crippen LogP contribution in [0.15, 0.2) is 27.9 Å². The Morgan fingerprint density at radius 3 is 2.61 bits per heavy atom. The van der Waals surface area contributed by atoms with E-state index in [4.69, 9.17) is 34.4 Å². The number of rotatable bonds is 4. The van der Waals surface area contributed by atoms with E-state index >= 15 is 0 Å². The Morgan fingerprint density at radius 2 is 2.00 bits per heavy atom. The maximum atomic E-state index is 12.4. The first-order valence-corrected chi connectivity index (χ1v) is 7.39. The van der Waals surface area contributed by atoms with Crippen molar-refractivity contribution in [3.63, 3.8) is 0 Å². The lowest BCUT2D eigenvalue weighted by atomic mass is 10.3. The Bertz CT molecular complexity index is 894. The highest BCUT2D eigenvalue weighted by Crippen LogP contribution is 2.32. The van der Waals surface area contributed by atoms with Gasteiger partial charge >= 0.3 is 5.69 Å². The van der Waals surface area contributed by atoms with Crippen LogP contribution in [0.5, 0.6) is 5.75 Å². The number of benzene rings is 1. The number of terminal acetylenes is 1. The Kier molecular flexibility index (Phi) is 5.14. The molecule has 0 radical (unpaired) electrons. The van der Waals surface area contributed by atoms with E-state index in [0.29, 0.717) is 10.8 Å². The van der Waals surface area contributed by atoms with Gasteiger partial charge in [-0.1, -0.05) is 29.1 Å². The third kappa shape index (κ3) is 3.58. The molecule has 0 unspecified atom stereocenters. The minimum atomic E-state index is -0.699. The summed E-state index contributed by atoms with van der Waals surface area (Å²) in [5.41, 5.74) is -1.05. The van der Waals surface area contributed by atoms with Crippen molar-refractivity contribution in [3.8, 4) is 23.8 Å². The summed E-state index contributed by atoms with van der Waals surface area (Å²) in [7, 11) is 0. The van der Waals surface area contributed by atoms with Gasteiger partial charge in [0.1, 0.15) is 11.9 Å². The molecule has 0 bridgehead atoms. The van der Waals surface area contributed by atoms with Gasteiger partial charge in [0.15, 0.2) is 0 Å². The van der Waals surface area contributed by atoms with Crippen LogP contribution in [0.1, 0.15) is 13.8 Å². The van der Waals surface area contributed by atoms with Crippen molar-refractivity contribution in [2.24, 2.45) is 0 Å². The molecule has 8 heteroatoms. The van der Waals surface area contributed by atoms with Crippen molar-refractivity contribution in [1.82, 2.24) is 14.3 Å². The van der Waals surface area contributed by atoms with Gasteiger partial charge in [-0.3, -0.25) is 4.79 Å². The summed E-state index contributed by atoms with van der Waals surface area (Å²) < 4.78 is 7.42. The molecule has 0 aliphatic heterocycles. The van der Waals surface area contributed by atoms with Crippen molar-refractivity contribution >= 4 is 23.2 Å². The van der Waals surface area contributed by atoms with E-state index < -0.39 is 11.2 Å². The number of halogens is 2. The largest absolute Gasteiger partial charge is 0.489 e. The van der Waals surface area contributed by atoms with Crippen molar-refractivity contribution in [1.29, 1.82) is 0 Å². The first kappa shape index (κ1) is 17.1. The number of aromatic nitrogens is 3. The second kappa shape index (κ2) is 6.90. The maximum absolute atomic E-state index is 12.4. The molecule has 0 spiro atoms. The smallest absolute Gasteiger partial charge is 0.353 e. The molecule has 0 fully saturated rings. The fraction of sp³-hybridized carbons (Fsp3) is 0.267. The molecule has 6 nitrogen and oxygen atoms in total. The second-order valence-electron chi connectivity index (χ2n) is 4.87. The zero-order chi connectivity index (χ0) is 17.1. The minimum absolute atomic E-state index is 0.124. The lowest BCUT2D eigenvalue weighted by molar-refractivity contribution is 0.242. The number of hydrogen-bond acceptors (Lipinski definition) is 4. The highest BCUT2D eigenvalue weighted by Gasteiger charge is 2.15. The van der Waals surface area contributed by atoms with Gasteiger partial charge in [0, 0.05) is 6.07 Å². The first-order valence-electron chi connectivity index (χ1n) is 6.64. The van der Waals surface area contributed by atoms with Gasteiger partial charge in [-0.25, -0.2) is 9.36 Å². The quantitative estimate of drug-likeness (QED) is 0.789. The molecule has 1 heterocycles. The molecular weight excluding hydrogens is 341 g/mol. The molecule has 0 aliphatic carbocycles. The molecule has 1 aromatic carbocycles. The normalized spacial score (nSPS) is 10.6. The standard InChI is InChI=1S/C15H13Cl2N3O3/c1-4-5-19-14(21)8-18-20(15(19)22)12-7-13(23-9(2)3)11(17)6-10(12)16/h1,6-9H,5H2,2-3H3. The van der Waals surface area contributed by atoms with E-state index in [1.807, 2.05) is 13.8 Å². The van der Waals surface area contributed by atoms with E-state index in [2.05, 4.69) is 11.0 Å². The molecule has 0 amide bonds. The summed E-state index contributed by atoms with van der Waals surface area (Å²) >= 11 is 12.2.